The van der Waals surface area contributed by atoms with Gasteiger partial charge in [0.1, 0.15) is 0 Å². The standard InChI is InChI=1S/C21H25N3O/c1-3-22-21(25)24-16-9-5-4-8-15-23-17(2)19-14-10-12-18-11-6-7-13-20(18)19/h4,6-8,10-14,17,23H,3,15-16H2,1-2H3,(H2,22,24,25)/t17-/m1/s1. The van der Waals surface area contributed by atoms with Crippen LogP contribution in [0.4, 0.5) is 4.79 Å². The zero-order valence-corrected chi connectivity index (χ0v) is 14.8. The molecule has 0 aliphatic heterocycles. The Bertz CT molecular complexity index is 781. The highest BCUT2D eigenvalue weighted by Gasteiger charge is 2.07. The van der Waals surface area contributed by atoms with E-state index >= 15 is 0 Å². The van der Waals surface area contributed by atoms with Crippen molar-refractivity contribution in [3.63, 3.8) is 0 Å². The number of hydrogen-bond donors (Lipinski definition) is 3. The first-order chi connectivity index (χ1) is 12.2. The summed E-state index contributed by atoms with van der Waals surface area (Å²) >= 11 is 0. The molecule has 2 amide bonds. The lowest BCUT2D eigenvalue weighted by atomic mass is 10.00. The van der Waals surface area contributed by atoms with Crippen molar-refractivity contribution in [2.24, 2.45) is 0 Å². The van der Waals surface area contributed by atoms with Gasteiger partial charge < -0.3 is 16.0 Å². The van der Waals surface area contributed by atoms with Crippen LogP contribution in [0.15, 0.2) is 54.6 Å². The Kier molecular flexibility index (Phi) is 7.55. The van der Waals surface area contributed by atoms with Crippen LogP contribution in [0.25, 0.3) is 10.8 Å². The van der Waals surface area contributed by atoms with Gasteiger partial charge in [-0.2, -0.15) is 0 Å². The zero-order chi connectivity index (χ0) is 17.9. The molecule has 4 nitrogen and oxygen atoms in total. The van der Waals surface area contributed by atoms with Crippen molar-refractivity contribution in [2.75, 3.05) is 19.6 Å². The molecular weight excluding hydrogens is 310 g/mol. The van der Waals surface area contributed by atoms with E-state index in [1.54, 1.807) is 0 Å². The van der Waals surface area contributed by atoms with Crippen LogP contribution in [0.3, 0.4) is 0 Å². The molecule has 0 heterocycles. The molecule has 0 fully saturated rings. The largest absolute Gasteiger partial charge is 0.338 e. The van der Waals surface area contributed by atoms with Gasteiger partial charge in [0.15, 0.2) is 0 Å². The molecule has 0 saturated carbocycles. The summed E-state index contributed by atoms with van der Waals surface area (Å²) in [4.78, 5) is 11.2. The lowest BCUT2D eigenvalue weighted by Gasteiger charge is -2.15. The maximum atomic E-state index is 11.2. The number of carbonyl (C=O) groups is 1. The van der Waals surface area contributed by atoms with Gasteiger partial charge in [0.25, 0.3) is 0 Å². The molecule has 0 spiro atoms. The van der Waals surface area contributed by atoms with E-state index in [1.165, 1.54) is 16.3 Å². The highest BCUT2D eigenvalue weighted by atomic mass is 16.2. The third-order valence-electron chi connectivity index (χ3n) is 3.81. The van der Waals surface area contributed by atoms with Gasteiger partial charge in [-0.3, -0.25) is 0 Å². The number of rotatable bonds is 6. The number of amides is 2. The van der Waals surface area contributed by atoms with E-state index in [-0.39, 0.29) is 12.1 Å². The van der Waals surface area contributed by atoms with Gasteiger partial charge in [-0.05, 0) is 36.3 Å². The van der Waals surface area contributed by atoms with E-state index in [4.69, 9.17) is 0 Å². The number of allylic oxidation sites excluding steroid dienone is 1. The first-order valence-electron chi connectivity index (χ1n) is 8.58. The maximum Gasteiger partial charge on any atom is 0.315 e. The molecule has 0 aliphatic carbocycles. The van der Waals surface area contributed by atoms with Gasteiger partial charge in [-0.1, -0.05) is 60.4 Å². The summed E-state index contributed by atoms with van der Waals surface area (Å²) in [5.41, 5.74) is 1.30. The number of carbonyl (C=O) groups excluding carboxylic acids is 1. The Morgan fingerprint density at radius 1 is 1.16 bits per heavy atom. The molecular formula is C21H25N3O. The molecule has 2 rings (SSSR count). The number of hydrogen-bond acceptors (Lipinski definition) is 2. The van der Waals surface area contributed by atoms with Crippen molar-refractivity contribution in [1.82, 2.24) is 16.0 Å². The lowest BCUT2D eigenvalue weighted by molar-refractivity contribution is 0.242. The second-order valence-electron chi connectivity index (χ2n) is 5.63. The number of fused-ring (bicyclic) bond motifs is 1. The molecule has 0 unspecified atom stereocenters. The van der Waals surface area contributed by atoms with Crippen LogP contribution in [-0.4, -0.2) is 25.7 Å². The average molecular weight is 335 g/mol. The van der Waals surface area contributed by atoms with Crippen LogP contribution in [-0.2, 0) is 0 Å². The van der Waals surface area contributed by atoms with Gasteiger partial charge in [0.05, 0.1) is 6.54 Å². The summed E-state index contributed by atoms with van der Waals surface area (Å²) in [5.74, 6) is 5.80. The summed E-state index contributed by atoms with van der Waals surface area (Å²) in [6.45, 7) is 5.73. The van der Waals surface area contributed by atoms with Crippen LogP contribution >= 0.6 is 0 Å². The van der Waals surface area contributed by atoms with E-state index in [9.17, 15) is 4.79 Å². The quantitative estimate of drug-likeness (QED) is 0.709. The van der Waals surface area contributed by atoms with Gasteiger partial charge in [-0.15, -0.1) is 0 Å². The molecule has 0 aliphatic rings. The molecule has 25 heavy (non-hydrogen) atoms. The monoisotopic (exact) mass is 335 g/mol. The van der Waals surface area contributed by atoms with Gasteiger partial charge in [0.2, 0.25) is 0 Å². The predicted molar refractivity (Wildman–Crippen MR) is 104 cm³/mol. The lowest BCUT2D eigenvalue weighted by Crippen LogP contribution is -2.35. The summed E-state index contributed by atoms with van der Waals surface area (Å²) < 4.78 is 0. The molecule has 3 N–H and O–H groups in total. The van der Waals surface area contributed by atoms with Gasteiger partial charge >= 0.3 is 6.03 Å². The topological polar surface area (TPSA) is 53.2 Å². The number of nitrogens with one attached hydrogen (secondary N) is 3. The fraction of sp³-hybridized carbons (Fsp3) is 0.286. The second-order valence-corrected chi connectivity index (χ2v) is 5.63. The normalized spacial score (nSPS) is 11.8. The van der Waals surface area contributed by atoms with Crippen molar-refractivity contribution in [3.05, 3.63) is 60.2 Å². The van der Waals surface area contributed by atoms with Crippen LogP contribution < -0.4 is 16.0 Å². The summed E-state index contributed by atoms with van der Waals surface area (Å²) in [6.07, 6.45) is 3.79. The minimum absolute atomic E-state index is 0.189. The Morgan fingerprint density at radius 2 is 1.96 bits per heavy atom. The van der Waals surface area contributed by atoms with Gasteiger partial charge in [-0.25, -0.2) is 4.79 Å². The molecule has 0 aromatic heterocycles. The molecule has 0 saturated heterocycles. The minimum atomic E-state index is -0.189. The molecule has 2 aromatic rings. The van der Waals surface area contributed by atoms with Crippen molar-refractivity contribution in [1.29, 1.82) is 0 Å². The smallest absolute Gasteiger partial charge is 0.315 e. The van der Waals surface area contributed by atoms with Crippen molar-refractivity contribution in [2.45, 2.75) is 19.9 Å². The number of urea groups is 1. The van der Waals surface area contributed by atoms with Gasteiger partial charge in [0, 0.05) is 19.1 Å². The molecule has 2 aromatic carbocycles. The van der Waals surface area contributed by atoms with E-state index < -0.39 is 0 Å². The molecule has 4 heteroatoms. The SMILES string of the molecule is CCNC(=O)NCC#CC=CCN[C@H](C)c1cccc2ccccc12. The van der Waals surface area contributed by atoms with Crippen molar-refractivity contribution in [3.8, 4) is 11.8 Å². The fourth-order valence-electron chi connectivity index (χ4n) is 2.56. The Morgan fingerprint density at radius 3 is 2.80 bits per heavy atom. The predicted octanol–water partition coefficient (Wildman–Crippen LogP) is 3.37. The van der Waals surface area contributed by atoms with E-state index in [0.29, 0.717) is 13.1 Å². The Labute approximate surface area is 149 Å². The van der Waals surface area contributed by atoms with E-state index in [2.05, 4.69) is 77.2 Å². The molecule has 1 atom stereocenters. The molecule has 0 radical (unpaired) electrons. The average Bonchev–Trinajstić information content (AvgIpc) is 2.63. The highest BCUT2D eigenvalue weighted by molar-refractivity contribution is 5.86. The zero-order valence-electron chi connectivity index (χ0n) is 14.8. The van der Waals surface area contributed by atoms with E-state index in [1.807, 2.05) is 19.1 Å². The fourth-order valence-corrected chi connectivity index (χ4v) is 2.56. The van der Waals surface area contributed by atoms with Crippen molar-refractivity contribution < 1.29 is 4.79 Å². The summed E-state index contributed by atoms with van der Waals surface area (Å²) in [7, 11) is 0. The third-order valence-corrected chi connectivity index (χ3v) is 3.81. The first kappa shape index (κ1) is 18.6. The maximum absolute atomic E-state index is 11.2. The summed E-state index contributed by atoms with van der Waals surface area (Å²) in [6, 6.07) is 14.9. The highest BCUT2D eigenvalue weighted by Crippen LogP contribution is 2.23. The van der Waals surface area contributed by atoms with Crippen LogP contribution in [0.5, 0.6) is 0 Å². The minimum Gasteiger partial charge on any atom is -0.338 e. The summed E-state index contributed by atoms with van der Waals surface area (Å²) in [5, 5.41) is 11.3. The first-order valence-corrected chi connectivity index (χ1v) is 8.58. The van der Waals surface area contributed by atoms with E-state index in [0.717, 1.165) is 6.54 Å². The second kappa shape index (κ2) is 10.2. The van der Waals surface area contributed by atoms with Crippen LogP contribution in [0.2, 0.25) is 0 Å². The molecule has 130 valence electrons. The van der Waals surface area contributed by atoms with Crippen LogP contribution in [0.1, 0.15) is 25.5 Å². The van der Waals surface area contributed by atoms with Crippen LogP contribution in [0, 0.1) is 11.8 Å². The third kappa shape index (κ3) is 5.98. The Balaban J connectivity index is 1.79. The number of benzene rings is 2. The Hall–Kier alpha value is -2.77. The molecule has 0 bridgehead atoms. The van der Waals surface area contributed by atoms with Crippen molar-refractivity contribution >= 4 is 16.8 Å².